The molecule has 0 atom stereocenters. The summed E-state index contributed by atoms with van der Waals surface area (Å²) in [6.45, 7) is 4.10. The fraction of sp³-hybridized carbons (Fsp3) is 0.900. The molecule has 13 heavy (non-hydrogen) atoms. The number of nitrogens with zero attached hydrogens (tertiary/aromatic N) is 1. The van der Waals surface area contributed by atoms with E-state index in [0.717, 1.165) is 25.7 Å². The topological polar surface area (TPSA) is 38.7 Å². The van der Waals surface area contributed by atoms with Crippen molar-refractivity contribution in [1.29, 1.82) is 0 Å². The van der Waals surface area contributed by atoms with Crippen molar-refractivity contribution in [3.8, 4) is 0 Å². The van der Waals surface area contributed by atoms with Crippen molar-refractivity contribution in [2.75, 3.05) is 0 Å². The second-order valence-corrected chi connectivity index (χ2v) is 3.84. The summed E-state index contributed by atoms with van der Waals surface area (Å²) in [5.41, 5.74) is 0. The summed E-state index contributed by atoms with van der Waals surface area (Å²) in [7, 11) is 0. The van der Waals surface area contributed by atoms with Crippen LogP contribution in [0.1, 0.15) is 39.5 Å². The molecule has 0 spiro atoms. The molecule has 1 aliphatic carbocycles. The van der Waals surface area contributed by atoms with Gasteiger partial charge in [0.25, 0.3) is 0 Å². The first-order valence-corrected chi connectivity index (χ1v) is 4.95. The van der Waals surface area contributed by atoms with E-state index in [2.05, 4.69) is 18.8 Å². The van der Waals surface area contributed by atoms with Crippen LogP contribution in [0, 0.1) is 0 Å². The molecule has 0 N–H and O–H groups in total. The van der Waals surface area contributed by atoms with Gasteiger partial charge in [-0.1, -0.05) is 0 Å². The van der Waals surface area contributed by atoms with Crippen LogP contribution >= 0.6 is 0 Å². The van der Waals surface area contributed by atoms with Crippen molar-refractivity contribution in [3.05, 3.63) is 0 Å². The van der Waals surface area contributed by atoms with Gasteiger partial charge in [0.05, 0.1) is 18.2 Å². The lowest BCUT2D eigenvalue weighted by atomic mass is 9.93. The number of hydrogen-bond donors (Lipinski definition) is 0. The molecule has 0 aliphatic heterocycles. The Bertz CT molecular complexity index is 189. The van der Waals surface area contributed by atoms with Crippen LogP contribution in [0.15, 0.2) is 4.99 Å². The Morgan fingerprint density at radius 1 is 1.31 bits per heavy atom. The average Bonchev–Trinajstić information content (AvgIpc) is 2.08. The van der Waals surface area contributed by atoms with Crippen molar-refractivity contribution in [2.45, 2.75) is 57.8 Å². The number of carbonyl (C=O) groups excluding carboxylic acids is 1. The molecule has 1 aliphatic rings. The molecule has 0 radical (unpaired) electrons. The van der Waals surface area contributed by atoms with Crippen molar-refractivity contribution in [1.82, 2.24) is 0 Å². The predicted molar refractivity (Wildman–Crippen MR) is 50.4 cm³/mol. The molecule has 0 aromatic heterocycles. The van der Waals surface area contributed by atoms with Crippen LogP contribution in [0.25, 0.3) is 0 Å². The molecule has 3 heteroatoms. The maximum Gasteiger partial charge on any atom is 0.235 e. The van der Waals surface area contributed by atoms with Crippen molar-refractivity contribution in [3.63, 3.8) is 0 Å². The minimum absolute atomic E-state index is 0.199. The lowest BCUT2D eigenvalue weighted by Crippen LogP contribution is -2.25. The van der Waals surface area contributed by atoms with Gasteiger partial charge in [-0.15, -0.1) is 0 Å². The van der Waals surface area contributed by atoms with Gasteiger partial charge in [-0.05, 0) is 39.5 Å². The van der Waals surface area contributed by atoms with E-state index < -0.39 is 0 Å². The second kappa shape index (κ2) is 5.15. The summed E-state index contributed by atoms with van der Waals surface area (Å²) >= 11 is 0. The molecule has 0 aromatic carbocycles. The molecule has 0 aromatic rings. The Labute approximate surface area is 79.2 Å². The third-order valence-corrected chi connectivity index (χ3v) is 2.34. The zero-order valence-electron chi connectivity index (χ0n) is 8.32. The molecule has 1 saturated carbocycles. The number of isocyanates is 1. The average molecular weight is 183 g/mol. The Morgan fingerprint density at radius 3 is 2.38 bits per heavy atom. The number of hydrogen-bond acceptors (Lipinski definition) is 3. The first-order chi connectivity index (χ1) is 6.22. The molecular formula is C10H17NO2. The van der Waals surface area contributed by atoms with Crippen LogP contribution in [-0.4, -0.2) is 24.3 Å². The Balaban J connectivity index is 2.26. The number of aliphatic imine (C=N–C) groups is 1. The van der Waals surface area contributed by atoms with E-state index in [1.807, 2.05) is 0 Å². The molecular weight excluding hydrogens is 166 g/mol. The van der Waals surface area contributed by atoms with Crippen LogP contribution in [-0.2, 0) is 9.53 Å². The first kappa shape index (κ1) is 10.4. The molecule has 0 heterocycles. The summed E-state index contributed by atoms with van der Waals surface area (Å²) in [6, 6.07) is 0.199. The SMILES string of the molecule is CC(C)OC1CCC(N=C=O)CC1. The van der Waals surface area contributed by atoms with Gasteiger partial charge in [-0.2, -0.15) is 0 Å². The maximum absolute atomic E-state index is 10.0. The van der Waals surface area contributed by atoms with Gasteiger partial charge in [0.15, 0.2) is 0 Å². The van der Waals surface area contributed by atoms with Crippen LogP contribution in [0.5, 0.6) is 0 Å². The van der Waals surface area contributed by atoms with E-state index >= 15 is 0 Å². The third kappa shape index (κ3) is 3.71. The van der Waals surface area contributed by atoms with Crippen molar-refractivity contribution < 1.29 is 9.53 Å². The normalized spacial score (nSPS) is 28.5. The molecule has 1 fully saturated rings. The summed E-state index contributed by atoms with van der Waals surface area (Å²) in [5, 5.41) is 0. The van der Waals surface area contributed by atoms with Gasteiger partial charge in [-0.25, -0.2) is 9.79 Å². The zero-order chi connectivity index (χ0) is 9.68. The van der Waals surface area contributed by atoms with Gasteiger partial charge in [0.1, 0.15) is 0 Å². The van der Waals surface area contributed by atoms with Crippen LogP contribution in [0.2, 0.25) is 0 Å². The van der Waals surface area contributed by atoms with E-state index in [0.29, 0.717) is 12.2 Å². The quantitative estimate of drug-likeness (QED) is 0.496. The highest BCUT2D eigenvalue weighted by molar-refractivity contribution is 5.33. The van der Waals surface area contributed by atoms with Gasteiger partial charge in [-0.3, -0.25) is 0 Å². The van der Waals surface area contributed by atoms with Gasteiger partial charge in [0, 0.05) is 0 Å². The van der Waals surface area contributed by atoms with Gasteiger partial charge >= 0.3 is 0 Å². The molecule has 0 bridgehead atoms. The molecule has 3 nitrogen and oxygen atoms in total. The highest BCUT2D eigenvalue weighted by Gasteiger charge is 2.21. The van der Waals surface area contributed by atoms with E-state index in [1.54, 1.807) is 6.08 Å². The molecule has 74 valence electrons. The fourth-order valence-corrected chi connectivity index (χ4v) is 1.77. The number of ether oxygens (including phenoxy) is 1. The summed E-state index contributed by atoms with van der Waals surface area (Å²) in [4.78, 5) is 13.7. The lowest BCUT2D eigenvalue weighted by Gasteiger charge is -2.27. The first-order valence-electron chi connectivity index (χ1n) is 4.95. The molecule has 0 saturated heterocycles. The standard InChI is InChI=1S/C10H17NO2/c1-8(2)13-10-5-3-9(4-6-10)11-7-12/h8-10H,3-6H2,1-2H3. The maximum atomic E-state index is 10.0. The van der Waals surface area contributed by atoms with Crippen molar-refractivity contribution >= 4 is 6.08 Å². The van der Waals surface area contributed by atoms with Crippen molar-refractivity contribution in [2.24, 2.45) is 4.99 Å². The fourth-order valence-electron chi connectivity index (χ4n) is 1.77. The Kier molecular flexibility index (Phi) is 4.13. The number of rotatable bonds is 3. The minimum atomic E-state index is 0.199. The third-order valence-electron chi connectivity index (χ3n) is 2.34. The molecule has 0 unspecified atom stereocenters. The van der Waals surface area contributed by atoms with E-state index in [4.69, 9.17) is 4.74 Å². The van der Waals surface area contributed by atoms with Crippen LogP contribution in [0.3, 0.4) is 0 Å². The van der Waals surface area contributed by atoms with E-state index in [1.165, 1.54) is 0 Å². The van der Waals surface area contributed by atoms with E-state index in [9.17, 15) is 4.79 Å². The second-order valence-electron chi connectivity index (χ2n) is 3.84. The Morgan fingerprint density at radius 2 is 1.92 bits per heavy atom. The smallest absolute Gasteiger partial charge is 0.235 e. The minimum Gasteiger partial charge on any atom is -0.376 e. The molecule has 0 amide bonds. The van der Waals surface area contributed by atoms with Gasteiger partial charge in [0.2, 0.25) is 6.08 Å². The van der Waals surface area contributed by atoms with Crippen LogP contribution in [0.4, 0.5) is 0 Å². The molecule has 1 rings (SSSR count). The highest BCUT2D eigenvalue weighted by Crippen LogP contribution is 2.23. The summed E-state index contributed by atoms with van der Waals surface area (Å²) < 4.78 is 5.68. The van der Waals surface area contributed by atoms with Crippen LogP contribution < -0.4 is 0 Å². The summed E-state index contributed by atoms with van der Waals surface area (Å²) in [5.74, 6) is 0. The monoisotopic (exact) mass is 183 g/mol. The highest BCUT2D eigenvalue weighted by atomic mass is 16.5. The largest absolute Gasteiger partial charge is 0.376 e. The van der Waals surface area contributed by atoms with E-state index in [-0.39, 0.29) is 6.04 Å². The Hall–Kier alpha value is -0.660. The summed E-state index contributed by atoms with van der Waals surface area (Å²) in [6.07, 6.45) is 6.28. The van der Waals surface area contributed by atoms with Gasteiger partial charge < -0.3 is 4.74 Å². The zero-order valence-corrected chi connectivity index (χ0v) is 8.32. The lowest BCUT2D eigenvalue weighted by molar-refractivity contribution is -0.0141. The predicted octanol–water partition coefficient (Wildman–Crippen LogP) is 2.06.